The molecule has 1 saturated heterocycles. The average Bonchev–Trinajstić information content (AvgIpc) is 2.76. The first kappa shape index (κ1) is 15.5. The highest BCUT2D eigenvalue weighted by Crippen LogP contribution is 2.27. The molecule has 0 N–H and O–H groups in total. The first-order chi connectivity index (χ1) is 9.21. The maximum atomic E-state index is 4.69. The third kappa shape index (κ3) is 3.42. The number of aromatic nitrogens is 2. The molecule has 0 aliphatic carbocycles. The van der Waals surface area contributed by atoms with Crippen molar-refractivity contribution in [3.63, 3.8) is 0 Å². The Morgan fingerprint density at radius 3 is 2.74 bits per heavy atom. The van der Waals surface area contributed by atoms with E-state index < -0.39 is 0 Å². The van der Waals surface area contributed by atoms with Crippen LogP contribution in [0, 0.1) is 0 Å². The fourth-order valence-corrected chi connectivity index (χ4v) is 4.23. The Kier molecular flexibility index (Phi) is 5.90. The van der Waals surface area contributed by atoms with Gasteiger partial charge in [-0.3, -0.25) is 9.58 Å². The van der Waals surface area contributed by atoms with Crippen LogP contribution in [0.4, 0.5) is 0 Å². The zero-order valence-electron chi connectivity index (χ0n) is 11.8. The molecule has 0 aromatic carbocycles. The molecule has 0 saturated carbocycles. The van der Waals surface area contributed by atoms with Crippen LogP contribution in [0.15, 0.2) is 4.47 Å². The van der Waals surface area contributed by atoms with Gasteiger partial charge in [0, 0.05) is 24.5 Å². The monoisotopic (exact) mass is 391 g/mol. The lowest BCUT2D eigenvalue weighted by molar-refractivity contribution is 0.152. The second kappa shape index (κ2) is 7.23. The molecule has 0 radical (unpaired) electrons. The Balaban J connectivity index is 2.19. The van der Waals surface area contributed by atoms with Gasteiger partial charge in [-0.2, -0.15) is 5.10 Å². The van der Waals surface area contributed by atoms with Crippen LogP contribution in [0.25, 0.3) is 0 Å². The van der Waals surface area contributed by atoms with E-state index in [9.17, 15) is 0 Å². The Bertz CT molecular complexity index is 417. The lowest BCUT2D eigenvalue weighted by Gasteiger charge is -2.34. The van der Waals surface area contributed by atoms with Gasteiger partial charge in [-0.05, 0) is 48.7 Å². The summed E-state index contributed by atoms with van der Waals surface area (Å²) in [6, 6.07) is 0.672. The van der Waals surface area contributed by atoms with Crippen molar-refractivity contribution in [3.05, 3.63) is 15.9 Å². The molecule has 2 rings (SSSR count). The predicted molar refractivity (Wildman–Crippen MR) is 86.8 cm³/mol. The number of hydrogen-bond donors (Lipinski definition) is 0. The normalized spacial score (nSPS) is 20.9. The Morgan fingerprint density at radius 2 is 2.11 bits per heavy atom. The van der Waals surface area contributed by atoms with E-state index in [0.29, 0.717) is 6.04 Å². The fraction of sp³-hybridized carbons (Fsp3) is 0.786. The van der Waals surface area contributed by atoms with Crippen LogP contribution in [0.5, 0.6) is 0 Å². The van der Waals surface area contributed by atoms with E-state index in [1.807, 2.05) is 0 Å². The summed E-state index contributed by atoms with van der Waals surface area (Å²) in [5.41, 5.74) is 2.52. The molecule has 1 aliphatic rings. The second-order valence-corrected chi connectivity index (χ2v) is 6.59. The largest absolute Gasteiger partial charge is 0.294 e. The Hall–Kier alpha value is 0.130. The van der Waals surface area contributed by atoms with Gasteiger partial charge in [0.05, 0.1) is 15.9 Å². The van der Waals surface area contributed by atoms with Gasteiger partial charge in [0.25, 0.3) is 0 Å². The summed E-state index contributed by atoms with van der Waals surface area (Å²) >= 11 is 7.41. The third-order valence-electron chi connectivity index (χ3n) is 3.97. The molecule has 1 aromatic heterocycles. The van der Waals surface area contributed by atoms with Crippen LogP contribution in [0.2, 0.25) is 0 Å². The van der Waals surface area contributed by atoms with Crippen LogP contribution in [-0.4, -0.2) is 32.6 Å². The van der Waals surface area contributed by atoms with Crippen molar-refractivity contribution < 1.29 is 0 Å². The Morgan fingerprint density at radius 1 is 1.32 bits per heavy atom. The molecule has 1 aliphatic heterocycles. The van der Waals surface area contributed by atoms with Crippen LogP contribution >= 0.6 is 31.9 Å². The Labute approximate surface area is 133 Å². The van der Waals surface area contributed by atoms with Gasteiger partial charge in [0.2, 0.25) is 0 Å². The molecule has 0 amide bonds. The predicted octanol–water partition coefficient (Wildman–Crippen LogP) is 3.98. The smallest absolute Gasteiger partial charge is 0.0767 e. The summed E-state index contributed by atoms with van der Waals surface area (Å²) in [5, 5.41) is 5.77. The summed E-state index contributed by atoms with van der Waals surface area (Å²) in [4.78, 5) is 2.60. The van der Waals surface area contributed by atoms with E-state index in [1.54, 1.807) is 0 Å². The van der Waals surface area contributed by atoms with Crippen LogP contribution in [-0.2, 0) is 19.5 Å². The molecule has 108 valence electrons. The molecular weight excluding hydrogens is 370 g/mol. The molecule has 1 fully saturated rings. The standard InChI is InChI=1S/C14H23Br2N3/c1-3-12-14(16)13(19(4-2)17-12)10-18-8-6-5-7-11(18)9-15/h11H,3-10H2,1-2H3. The minimum absolute atomic E-state index is 0.672. The number of nitrogens with zero attached hydrogens (tertiary/aromatic N) is 3. The molecule has 1 atom stereocenters. The van der Waals surface area contributed by atoms with Gasteiger partial charge in [0.1, 0.15) is 0 Å². The maximum absolute atomic E-state index is 4.69. The SMILES string of the molecule is CCc1nn(CC)c(CN2CCCCC2CBr)c1Br. The van der Waals surface area contributed by atoms with Crippen LogP contribution in [0.1, 0.15) is 44.5 Å². The van der Waals surface area contributed by atoms with Gasteiger partial charge in [-0.1, -0.05) is 29.3 Å². The summed E-state index contributed by atoms with van der Waals surface area (Å²) < 4.78 is 3.37. The van der Waals surface area contributed by atoms with Gasteiger partial charge in [-0.15, -0.1) is 0 Å². The molecule has 3 nitrogen and oxygen atoms in total. The van der Waals surface area contributed by atoms with Crippen molar-refractivity contribution in [1.82, 2.24) is 14.7 Å². The summed E-state index contributed by atoms with van der Waals surface area (Å²) in [6.07, 6.45) is 4.98. The molecule has 1 unspecified atom stereocenters. The van der Waals surface area contributed by atoms with Crippen LogP contribution in [0.3, 0.4) is 0 Å². The molecule has 2 heterocycles. The van der Waals surface area contributed by atoms with Gasteiger partial charge < -0.3 is 0 Å². The highest BCUT2D eigenvalue weighted by molar-refractivity contribution is 9.10. The van der Waals surface area contributed by atoms with Crippen molar-refractivity contribution in [3.8, 4) is 0 Å². The van der Waals surface area contributed by atoms with Gasteiger partial charge in [-0.25, -0.2) is 0 Å². The van der Waals surface area contributed by atoms with Crippen molar-refractivity contribution in [2.24, 2.45) is 0 Å². The minimum Gasteiger partial charge on any atom is -0.294 e. The highest BCUT2D eigenvalue weighted by Gasteiger charge is 2.24. The van der Waals surface area contributed by atoms with E-state index in [1.165, 1.54) is 41.7 Å². The van der Waals surface area contributed by atoms with Crippen molar-refractivity contribution in [2.45, 2.75) is 58.7 Å². The number of aryl methyl sites for hydroxylation is 2. The van der Waals surface area contributed by atoms with Gasteiger partial charge >= 0.3 is 0 Å². The quantitative estimate of drug-likeness (QED) is 0.706. The van der Waals surface area contributed by atoms with E-state index >= 15 is 0 Å². The molecule has 19 heavy (non-hydrogen) atoms. The number of hydrogen-bond acceptors (Lipinski definition) is 2. The number of halogens is 2. The number of likely N-dealkylation sites (tertiary alicyclic amines) is 1. The van der Waals surface area contributed by atoms with Crippen LogP contribution < -0.4 is 0 Å². The lowest BCUT2D eigenvalue weighted by atomic mass is 10.0. The summed E-state index contributed by atoms with van der Waals surface area (Å²) in [5.74, 6) is 0. The molecule has 1 aromatic rings. The first-order valence-electron chi connectivity index (χ1n) is 7.25. The van der Waals surface area contributed by atoms with Gasteiger partial charge in [0.15, 0.2) is 0 Å². The number of alkyl halides is 1. The van der Waals surface area contributed by atoms with Crippen molar-refractivity contribution >= 4 is 31.9 Å². The van der Waals surface area contributed by atoms with Crippen molar-refractivity contribution in [2.75, 3.05) is 11.9 Å². The summed E-state index contributed by atoms with van der Waals surface area (Å²) in [6.45, 7) is 7.50. The zero-order valence-corrected chi connectivity index (χ0v) is 15.0. The van der Waals surface area contributed by atoms with E-state index in [0.717, 1.165) is 24.8 Å². The van der Waals surface area contributed by atoms with E-state index in [-0.39, 0.29) is 0 Å². The topological polar surface area (TPSA) is 21.1 Å². The molecule has 0 bridgehead atoms. The molecule has 0 spiro atoms. The summed E-state index contributed by atoms with van der Waals surface area (Å²) in [7, 11) is 0. The third-order valence-corrected chi connectivity index (χ3v) is 5.64. The lowest BCUT2D eigenvalue weighted by Crippen LogP contribution is -2.40. The maximum Gasteiger partial charge on any atom is 0.0767 e. The van der Waals surface area contributed by atoms with E-state index in [4.69, 9.17) is 5.10 Å². The average molecular weight is 393 g/mol. The first-order valence-corrected chi connectivity index (χ1v) is 9.16. The second-order valence-electron chi connectivity index (χ2n) is 5.15. The fourth-order valence-electron chi connectivity index (χ4n) is 2.80. The minimum atomic E-state index is 0.672. The zero-order chi connectivity index (χ0) is 13.8. The number of piperidine rings is 1. The van der Waals surface area contributed by atoms with Crippen molar-refractivity contribution in [1.29, 1.82) is 0 Å². The highest BCUT2D eigenvalue weighted by atomic mass is 79.9. The van der Waals surface area contributed by atoms with E-state index in [2.05, 4.69) is 55.3 Å². The molecular formula is C14H23Br2N3. The molecule has 5 heteroatoms. The number of rotatable bonds is 5.